The summed E-state index contributed by atoms with van der Waals surface area (Å²) in [4.78, 5) is 31.2. The predicted molar refractivity (Wildman–Crippen MR) is 96.3 cm³/mol. The van der Waals surface area contributed by atoms with Crippen LogP contribution in [0.15, 0.2) is 29.0 Å². The summed E-state index contributed by atoms with van der Waals surface area (Å²) in [5.41, 5.74) is 0.370. The van der Waals surface area contributed by atoms with Gasteiger partial charge in [-0.05, 0) is 31.4 Å². The summed E-state index contributed by atoms with van der Waals surface area (Å²) in [5, 5.41) is 2.80. The molecule has 0 aromatic carbocycles. The zero-order valence-corrected chi connectivity index (χ0v) is 15.6. The summed E-state index contributed by atoms with van der Waals surface area (Å²) in [5.74, 6) is 1.87. The second kappa shape index (κ2) is 7.76. The van der Waals surface area contributed by atoms with Crippen molar-refractivity contribution < 1.29 is 14.0 Å². The quantitative estimate of drug-likeness (QED) is 0.861. The Morgan fingerprint density at radius 2 is 2.19 bits per heavy atom. The first-order valence-corrected chi connectivity index (χ1v) is 9.13. The highest BCUT2D eigenvalue weighted by atomic mass is 16.3. The minimum Gasteiger partial charge on any atom is -0.467 e. The van der Waals surface area contributed by atoms with E-state index in [1.165, 1.54) is 0 Å². The molecule has 7 nitrogen and oxygen atoms in total. The lowest BCUT2D eigenvalue weighted by atomic mass is 10.1. The van der Waals surface area contributed by atoms with Gasteiger partial charge in [0.2, 0.25) is 5.91 Å². The molecule has 0 fully saturated rings. The monoisotopic (exact) mass is 358 g/mol. The van der Waals surface area contributed by atoms with Crippen LogP contribution < -0.4 is 5.32 Å². The molecule has 1 N–H and O–H groups in total. The van der Waals surface area contributed by atoms with Crippen LogP contribution in [0.3, 0.4) is 0 Å². The third kappa shape index (κ3) is 3.98. The normalized spacial score (nSPS) is 16.6. The number of nitrogens with one attached hydrogen (secondary N) is 1. The van der Waals surface area contributed by atoms with Crippen LogP contribution in [0.25, 0.3) is 0 Å². The van der Waals surface area contributed by atoms with Crippen molar-refractivity contribution in [1.82, 2.24) is 19.8 Å². The third-order valence-electron chi connectivity index (χ3n) is 4.72. The van der Waals surface area contributed by atoms with E-state index in [1.54, 1.807) is 24.6 Å². The van der Waals surface area contributed by atoms with Crippen molar-refractivity contribution in [3.05, 3.63) is 41.9 Å². The average molecular weight is 358 g/mol. The molecule has 2 aromatic heterocycles. The van der Waals surface area contributed by atoms with Gasteiger partial charge in [0, 0.05) is 25.7 Å². The summed E-state index contributed by atoms with van der Waals surface area (Å²) in [6, 6.07) is 3.46. The minimum atomic E-state index is -0.242. The van der Waals surface area contributed by atoms with Crippen LogP contribution in [0.5, 0.6) is 0 Å². The lowest BCUT2D eigenvalue weighted by Crippen LogP contribution is -2.41. The lowest BCUT2D eigenvalue weighted by Gasteiger charge is -2.34. The van der Waals surface area contributed by atoms with Crippen molar-refractivity contribution in [2.24, 2.45) is 5.92 Å². The van der Waals surface area contributed by atoms with Gasteiger partial charge in [-0.15, -0.1) is 0 Å². The van der Waals surface area contributed by atoms with Gasteiger partial charge in [-0.3, -0.25) is 9.59 Å². The van der Waals surface area contributed by atoms with Crippen LogP contribution in [0, 0.1) is 5.92 Å². The van der Waals surface area contributed by atoms with E-state index in [0.29, 0.717) is 43.4 Å². The van der Waals surface area contributed by atoms with Crippen molar-refractivity contribution in [3.8, 4) is 0 Å². The Kier molecular flexibility index (Phi) is 5.44. The molecule has 0 radical (unpaired) electrons. The zero-order chi connectivity index (χ0) is 18.7. The molecule has 1 aliphatic heterocycles. The van der Waals surface area contributed by atoms with Crippen LogP contribution in [-0.4, -0.2) is 32.8 Å². The van der Waals surface area contributed by atoms with Crippen molar-refractivity contribution in [2.45, 2.75) is 52.7 Å². The van der Waals surface area contributed by atoms with E-state index in [4.69, 9.17) is 4.42 Å². The molecule has 0 saturated heterocycles. The van der Waals surface area contributed by atoms with Crippen LogP contribution in [0.2, 0.25) is 0 Å². The fraction of sp³-hybridized carbons (Fsp3) is 0.526. The molecule has 1 aliphatic rings. The van der Waals surface area contributed by atoms with Crippen LogP contribution in [-0.2, 0) is 17.9 Å². The van der Waals surface area contributed by atoms with Crippen LogP contribution in [0.4, 0.5) is 0 Å². The van der Waals surface area contributed by atoms with Crippen molar-refractivity contribution >= 4 is 11.8 Å². The SMILES string of the molecule is CC(C)CCC(=O)N1CCn2cc(C(=O)NCc3ccco3)nc2C1C. The highest BCUT2D eigenvalue weighted by Crippen LogP contribution is 2.26. The molecule has 26 heavy (non-hydrogen) atoms. The van der Waals surface area contributed by atoms with Gasteiger partial charge in [0.15, 0.2) is 0 Å². The van der Waals surface area contributed by atoms with Gasteiger partial charge in [0.25, 0.3) is 5.91 Å². The maximum absolute atomic E-state index is 12.5. The summed E-state index contributed by atoms with van der Waals surface area (Å²) < 4.78 is 7.18. The fourth-order valence-electron chi connectivity index (χ4n) is 3.17. The van der Waals surface area contributed by atoms with Crippen molar-refractivity contribution in [3.63, 3.8) is 0 Å². The van der Waals surface area contributed by atoms with Crippen LogP contribution in [0.1, 0.15) is 61.7 Å². The lowest BCUT2D eigenvalue weighted by molar-refractivity contribution is -0.134. The highest BCUT2D eigenvalue weighted by molar-refractivity contribution is 5.92. The van der Waals surface area contributed by atoms with Gasteiger partial charge in [0.05, 0.1) is 18.8 Å². The first-order valence-electron chi connectivity index (χ1n) is 9.13. The Bertz CT molecular complexity index is 764. The molecule has 1 atom stereocenters. The zero-order valence-electron chi connectivity index (χ0n) is 15.6. The molecular formula is C19H26N4O3. The van der Waals surface area contributed by atoms with Crippen LogP contribution >= 0.6 is 0 Å². The Labute approximate surface area is 153 Å². The first-order chi connectivity index (χ1) is 12.5. The average Bonchev–Trinajstić information content (AvgIpc) is 3.27. The predicted octanol–water partition coefficient (Wildman–Crippen LogP) is 2.75. The summed E-state index contributed by atoms with van der Waals surface area (Å²) in [7, 11) is 0. The molecule has 3 rings (SSSR count). The number of rotatable bonds is 6. The van der Waals surface area contributed by atoms with E-state index in [1.807, 2.05) is 16.4 Å². The number of amides is 2. The molecular weight excluding hydrogens is 332 g/mol. The second-order valence-corrected chi connectivity index (χ2v) is 7.14. The highest BCUT2D eigenvalue weighted by Gasteiger charge is 2.30. The number of hydrogen-bond acceptors (Lipinski definition) is 4. The van der Waals surface area contributed by atoms with Crippen molar-refractivity contribution in [2.75, 3.05) is 6.54 Å². The van der Waals surface area contributed by atoms with E-state index in [-0.39, 0.29) is 17.9 Å². The van der Waals surface area contributed by atoms with Crippen molar-refractivity contribution in [1.29, 1.82) is 0 Å². The fourth-order valence-corrected chi connectivity index (χ4v) is 3.17. The molecule has 2 aromatic rings. The topological polar surface area (TPSA) is 80.4 Å². The maximum atomic E-state index is 12.5. The van der Waals surface area contributed by atoms with E-state index in [0.717, 1.165) is 12.2 Å². The molecule has 0 spiro atoms. The third-order valence-corrected chi connectivity index (χ3v) is 4.72. The van der Waals surface area contributed by atoms with E-state index < -0.39 is 0 Å². The number of furan rings is 1. The number of carbonyl (C=O) groups is 2. The molecule has 7 heteroatoms. The molecule has 140 valence electrons. The Hall–Kier alpha value is -2.57. The molecule has 3 heterocycles. The van der Waals surface area contributed by atoms with Gasteiger partial charge in [0.1, 0.15) is 17.3 Å². The first kappa shape index (κ1) is 18.2. The number of fused-ring (bicyclic) bond motifs is 1. The number of aromatic nitrogens is 2. The number of nitrogens with zero attached hydrogens (tertiary/aromatic N) is 3. The van der Waals surface area contributed by atoms with Gasteiger partial charge < -0.3 is 19.2 Å². The smallest absolute Gasteiger partial charge is 0.271 e. The largest absolute Gasteiger partial charge is 0.467 e. The molecule has 0 bridgehead atoms. The van der Waals surface area contributed by atoms with E-state index in [2.05, 4.69) is 24.1 Å². The Balaban J connectivity index is 1.65. The number of imidazole rings is 1. The number of carbonyl (C=O) groups excluding carboxylic acids is 2. The molecule has 0 saturated carbocycles. The second-order valence-electron chi connectivity index (χ2n) is 7.14. The van der Waals surface area contributed by atoms with Gasteiger partial charge in [-0.2, -0.15) is 0 Å². The van der Waals surface area contributed by atoms with Gasteiger partial charge in [-0.1, -0.05) is 13.8 Å². The summed E-state index contributed by atoms with van der Waals surface area (Å²) in [6.07, 6.45) is 4.78. The molecule has 2 amide bonds. The minimum absolute atomic E-state index is 0.130. The Morgan fingerprint density at radius 1 is 1.38 bits per heavy atom. The molecule has 1 unspecified atom stereocenters. The van der Waals surface area contributed by atoms with Gasteiger partial charge >= 0.3 is 0 Å². The standard InChI is InChI=1S/C19H26N4O3/c1-13(2)6-7-17(24)23-9-8-22-12-16(21-18(22)14(23)3)19(25)20-11-15-5-4-10-26-15/h4-5,10,12-14H,6-9,11H2,1-3H3,(H,20,25). The maximum Gasteiger partial charge on any atom is 0.271 e. The summed E-state index contributed by atoms with van der Waals surface area (Å²) in [6.45, 7) is 7.83. The summed E-state index contributed by atoms with van der Waals surface area (Å²) >= 11 is 0. The van der Waals surface area contributed by atoms with E-state index in [9.17, 15) is 9.59 Å². The molecule has 0 aliphatic carbocycles. The number of hydrogen-bond donors (Lipinski definition) is 1. The van der Waals surface area contributed by atoms with E-state index >= 15 is 0 Å². The Morgan fingerprint density at radius 3 is 2.88 bits per heavy atom. The van der Waals surface area contributed by atoms with Gasteiger partial charge in [-0.25, -0.2) is 4.98 Å².